The maximum Gasteiger partial charge on any atom is 0.261 e. The van der Waals surface area contributed by atoms with Crippen LogP contribution in [0.3, 0.4) is 0 Å². The number of nitrogens with zero attached hydrogens (tertiary/aromatic N) is 5. The molecule has 30 heavy (non-hydrogen) atoms. The minimum Gasteiger partial charge on any atom is -0.325 e. The molecule has 1 aliphatic rings. The van der Waals surface area contributed by atoms with Crippen LogP contribution < -0.4 is 5.73 Å². The molecule has 0 fully saturated rings. The van der Waals surface area contributed by atoms with Gasteiger partial charge in [-0.05, 0) is 47.5 Å². The fourth-order valence-electron chi connectivity index (χ4n) is 2.60. The number of hydrogen-bond acceptors (Lipinski definition) is 7. The molecular formula is C18H12Cl4N6O2. The Morgan fingerprint density at radius 2 is 1.23 bits per heavy atom. The highest BCUT2D eigenvalue weighted by Crippen LogP contribution is 2.24. The number of hydrogen-bond donors (Lipinski definition) is 1. The summed E-state index contributed by atoms with van der Waals surface area (Å²) in [6, 6.07) is 9.72. The zero-order valence-corrected chi connectivity index (χ0v) is 18.0. The van der Waals surface area contributed by atoms with E-state index in [2.05, 4.69) is 19.9 Å². The quantitative estimate of drug-likeness (QED) is 0.340. The van der Waals surface area contributed by atoms with Crippen LogP contribution in [0.5, 0.6) is 0 Å². The molecule has 2 N–H and O–H groups in total. The minimum absolute atomic E-state index is 0.00824. The second-order valence-electron chi connectivity index (χ2n) is 5.85. The maximum absolute atomic E-state index is 12.2. The smallest absolute Gasteiger partial charge is 0.261 e. The van der Waals surface area contributed by atoms with Gasteiger partial charge in [0.15, 0.2) is 0 Å². The highest BCUT2D eigenvalue weighted by atomic mass is 35.5. The molecule has 2 aromatic heterocycles. The van der Waals surface area contributed by atoms with E-state index in [-0.39, 0.29) is 34.1 Å². The van der Waals surface area contributed by atoms with E-state index in [1.807, 2.05) is 0 Å². The summed E-state index contributed by atoms with van der Waals surface area (Å²) in [4.78, 5) is 40.6. The topological polar surface area (TPSA) is 115 Å². The summed E-state index contributed by atoms with van der Waals surface area (Å²) in [5, 5.41) is 0.592. The SMILES string of the molecule is NCc1cc(Cl)nc(Cl)n1.O=C1c2ccccc2C(=O)N1Cc1cc(Cl)nc(Cl)n1. The molecule has 154 valence electrons. The molecule has 0 radical (unpaired) electrons. The van der Waals surface area contributed by atoms with Crippen molar-refractivity contribution >= 4 is 58.2 Å². The van der Waals surface area contributed by atoms with Crippen molar-refractivity contribution in [2.45, 2.75) is 13.1 Å². The van der Waals surface area contributed by atoms with Gasteiger partial charge >= 0.3 is 0 Å². The number of carbonyl (C=O) groups is 2. The van der Waals surface area contributed by atoms with E-state index in [0.29, 0.717) is 34.2 Å². The van der Waals surface area contributed by atoms with Crippen LogP contribution in [0, 0.1) is 0 Å². The Balaban J connectivity index is 0.000000216. The molecule has 0 saturated heterocycles. The second-order valence-corrected chi connectivity index (χ2v) is 7.30. The Hall–Kier alpha value is -2.36. The molecule has 1 aliphatic heterocycles. The van der Waals surface area contributed by atoms with Gasteiger partial charge in [-0.1, -0.05) is 35.3 Å². The monoisotopic (exact) mass is 484 g/mol. The van der Waals surface area contributed by atoms with E-state index in [9.17, 15) is 9.59 Å². The summed E-state index contributed by atoms with van der Waals surface area (Å²) in [6.07, 6.45) is 0. The van der Waals surface area contributed by atoms with Crippen LogP contribution in [0.4, 0.5) is 0 Å². The van der Waals surface area contributed by atoms with E-state index < -0.39 is 0 Å². The average Bonchev–Trinajstić information content (AvgIpc) is 2.92. The van der Waals surface area contributed by atoms with Gasteiger partial charge in [0.1, 0.15) is 10.3 Å². The maximum atomic E-state index is 12.2. The largest absolute Gasteiger partial charge is 0.325 e. The highest BCUT2D eigenvalue weighted by molar-refractivity contribution is 6.32. The van der Waals surface area contributed by atoms with Gasteiger partial charge in [0.2, 0.25) is 10.6 Å². The fraction of sp³-hybridized carbons (Fsp3) is 0.111. The number of halogens is 4. The summed E-state index contributed by atoms with van der Waals surface area (Å²) in [5.74, 6) is -0.701. The van der Waals surface area contributed by atoms with E-state index in [1.54, 1.807) is 30.3 Å². The molecule has 0 spiro atoms. The number of imide groups is 1. The lowest BCUT2D eigenvalue weighted by atomic mass is 10.1. The first-order valence-corrected chi connectivity index (χ1v) is 9.83. The van der Waals surface area contributed by atoms with Crippen LogP contribution in [0.15, 0.2) is 36.4 Å². The molecule has 1 aromatic carbocycles. The van der Waals surface area contributed by atoms with Gasteiger partial charge in [0.05, 0.1) is 29.1 Å². The van der Waals surface area contributed by atoms with Crippen LogP contribution in [0.1, 0.15) is 32.1 Å². The summed E-state index contributed by atoms with van der Waals surface area (Å²) in [6.45, 7) is 0.330. The third-order valence-electron chi connectivity index (χ3n) is 3.85. The standard InChI is InChI=1S/C13H7Cl2N3O2.C5H5Cl2N3/c14-10-5-7(16-13(15)17-10)6-18-11(19)8-3-1-2-4-9(8)12(18)20;6-4-1-3(2-8)9-5(7)10-4/h1-5H,6H2;1H,2,8H2. The number of nitrogens with two attached hydrogens (primary N) is 1. The van der Waals surface area contributed by atoms with Crippen LogP contribution in [0.2, 0.25) is 20.9 Å². The molecule has 0 saturated carbocycles. The second kappa shape index (κ2) is 9.63. The molecule has 8 nitrogen and oxygen atoms in total. The van der Waals surface area contributed by atoms with Crippen molar-refractivity contribution in [1.82, 2.24) is 24.8 Å². The van der Waals surface area contributed by atoms with Gasteiger partial charge in [-0.3, -0.25) is 14.5 Å². The predicted octanol–water partition coefficient (Wildman–Crippen LogP) is 3.82. The number of rotatable bonds is 3. The van der Waals surface area contributed by atoms with Gasteiger partial charge < -0.3 is 5.73 Å². The zero-order valence-electron chi connectivity index (χ0n) is 15.0. The summed E-state index contributed by atoms with van der Waals surface area (Å²) < 4.78 is 0. The number of fused-ring (bicyclic) bond motifs is 1. The zero-order chi connectivity index (χ0) is 21.8. The number of aromatic nitrogens is 4. The minimum atomic E-state index is -0.351. The van der Waals surface area contributed by atoms with E-state index in [1.165, 1.54) is 6.07 Å². The lowest BCUT2D eigenvalue weighted by Crippen LogP contribution is -2.29. The van der Waals surface area contributed by atoms with Crippen LogP contribution in [-0.4, -0.2) is 36.7 Å². The van der Waals surface area contributed by atoms with E-state index >= 15 is 0 Å². The van der Waals surface area contributed by atoms with E-state index in [0.717, 1.165) is 4.90 Å². The summed E-state index contributed by atoms with van der Waals surface area (Å²) >= 11 is 22.5. The number of carbonyl (C=O) groups excluding carboxylic acids is 2. The number of amides is 2. The van der Waals surface area contributed by atoms with Crippen molar-refractivity contribution < 1.29 is 9.59 Å². The first-order valence-electron chi connectivity index (χ1n) is 8.31. The Morgan fingerprint density at radius 1 is 0.767 bits per heavy atom. The molecule has 3 aromatic rings. The molecular weight excluding hydrogens is 474 g/mol. The summed E-state index contributed by atoms with van der Waals surface area (Å²) in [5.41, 5.74) is 7.12. The van der Waals surface area contributed by atoms with Crippen LogP contribution in [-0.2, 0) is 13.1 Å². The molecule has 12 heteroatoms. The molecule has 4 rings (SSSR count). The lowest BCUT2D eigenvalue weighted by Gasteiger charge is -2.13. The molecule has 0 atom stereocenters. The van der Waals surface area contributed by atoms with Gasteiger partial charge in [0.25, 0.3) is 11.8 Å². The van der Waals surface area contributed by atoms with Crippen LogP contribution in [0.25, 0.3) is 0 Å². The average molecular weight is 486 g/mol. The fourth-order valence-corrected chi connectivity index (χ4v) is 3.50. The predicted molar refractivity (Wildman–Crippen MR) is 113 cm³/mol. The Bertz CT molecular complexity index is 1050. The normalized spacial score (nSPS) is 12.5. The first kappa shape index (κ1) is 22.3. The Kier molecular flexibility index (Phi) is 7.17. The molecule has 0 unspecified atom stereocenters. The number of benzene rings is 1. The van der Waals surface area contributed by atoms with Gasteiger partial charge in [-0.15, -0.1) is 0 Å². The van der Waals surface area contributed by atoms with Gasteiger partial charge in [-0.25, -0.2) is 19.9 Å². The summed E-state index contributed by atoms with van der Waals surface area (Å²) in [7, 11) is 0. The molecule has 2 amide bonds. The van der Waals surface area contributed by atoms with Gasteiger partial charge in [-0.2, -0.15) is 0 Å². The third-order valence-corrected chi connectivity index (χ3v) is 4.57. The van der Waals surface area contributed by atoms with Crippen molar-refractivity contribution in [3.63, 3.8) is 0 Å². The van der Waals surface area contributed by atoms with Crippen molar-refractivity contribution in [3.8, 4) is 0 Å². The van der Waals surface area contributed by atoms with Crippen LogP contribution >= 0.6 is 46.4 Å². The Labute approximate surface area is 191 Å². The molecule has 0 aliphatic carbocycles. The Morgan fingerprint density at radius 3 is 1.70 bits per heavy atom. The first-order chi connectivity index (χ1) is 14.3. The van der Waals surface area contributed by atoms with Crippen molar-refractivity contribution in [2.75, 3.05) is 0 Å². The van der Waals surface area contributed by atoms with Crippen molar-refractivity contribution in [3.05, 3.63) is 79.8 Å². The van der Waals surface area contributed by atoms with E-state index in [4.69, 9.17) is 52.1 Å². The lowest BCUT2D eigenvalue weighted by molar-refractivity contribution is 0.0640. The highest BCUT2D eigenvalue weighted by Gasteiger charge is 2.35. The molecule has 3 heterocycles. The third kappa shape index (κ3) is 5.21. The van der Waals surface area contributed by atoms with Crippen molar-refractivity contribution in [2.24, 2.45) is 5.73 Å². The van der Waals surface area contributed by atoms with Crippen molar-refractivity contribution in [1.29, 1.82) is 0 Å². The molecule has 0 bridgehead atoms. The van der Waals surface area contributed by atoms with Gasteiger partial charge in [0, 0.05) is 6.54 Å².